The third-order valence-corrected chi connectivity index (χ3v) is 4.59. The molecule has 3 heterocycles. The number of hydrogen-bond acceptors (Lipinski definition) is 4. The van der Waals surface area contributed by atoms with E-state index in [0.717, 1.165) is 54.8 Å². The van der Waals surface area contributed by atoms with Crippen molar-refractivity contribution in [2.45, 2.75) is 19.4 Å². The van der Waals surface area contributed by atoms with E-state index in [-0.39, 0.29) is 5.92 Å². The van der Waals surface area contributed by atoms with Crippen molar-refractivity contribution >= 4 is 5.65 Å². The standard InChI is InChI=1S/C19H19N5/c20-9-15-5-4-8-23(12-15)13-16-10-21-19-18(11-22-24(19)14-16)17-6-2-1-3-7-17/h1-3,6-7,10-11,14-15H,4-5,8,12-13H2. The smallest absolute Gasteiger partial charge is 0.162 e. The van der Waals surface area contributed by atoms with Gasteiger partial charge in [0, 0.05) is 36.6 Å². The first-order valence-corrected chi connectivity index (χ1v) is 8.33. The van der Waals surface area contributed by atoms with Gasteiger partial charge in [-0.1, -0.05) is 30.3 Å². The van der Waals surface area contributed by atoms with E-state index in [2.05, 4.69) is 33.2 Å². The summed E-state index contributed by atoms with van der Waals surface area (Å²) < 4.78 is 1.85. The maximum atomic E-state index is 9.12. The zero-order valence-electron chi connectivity index (χ0n) is 13.5. The van der Waals surface area contributed by atoms with Crippen LogP contribution in [0.5, 0.6) is 0 Å². The summed E-state index contributed by atoms with van der Waals surface area (Å²) in [5.41, 5.74) is 4.17. The van der Waals surface area contributed by atoms with Crippen LogP contribution in [-0.4, -0.2) is 32.6 Å². The number of piperidine rings is 1. The van der Waals surface area contributed by atoms with Crippen LogP contribution in [0.1, 0.15) is 18.4 Å². The molecular formula is C19H19N5. The lowest BCUT2D eigenvalue weighted by molar-refractivity contribution is 0.191. The van der Waals surface area contributed by atoms with Gasteiger partial charge in [-0.3, -0.25) is 4.90 Å². The molecule has 24 heavy (non-hydrogen) atoms. The highest BCUT2D eigenvalue weighted by Crippen LogP contribution is 2.23. The zero-order valence-corrected chi connectivity index (χ0v) is 13.5. The Balaban J connectivity index is 1.58. The number of benzene rings is 1. The Labute approximate surface area is 141 Å². The summed E-state index contributed by atoms with van der Waals surface area (Å²) in [5, 5.41) is 13.6. The molecule has 5 nitrogen and oxygen atoms in total. The van der Waals surface area contributed by atoms with Crippen LogP contribution >= 0.6 is 0 Å². The van der Waals surface area contributed by atoms with Crippen molar-refractivity contribution in [2.75, 3.05) is 13.1 Å². The Morgan fingerprint density at radius 2 is 2.08 bits per heavy atom. The third-order valence-electron chi connectivity index (χ3n) is 4.59. The SMILES string of the molecule is N#CC1CCCN(Cc2cnc3c(-c4ccccc4)cnn3c2)C1. The Kier molecular flexibility index (Phi) is 3.97. The zero-order chi connectivity index (χ0) is 16.4. The van der Waals surface area contributed by atoms with Crippen molar-refractivity contribution in [2.24, 2.45) is 5.92 Å². The molecule has 1 saturated heterocycles. The molecule has 5 heteroatoms. The van der Waals surface area contributed by atoms with Gasteiger partial charge in [-0.25, -0.2) is 9.50 Å². The maximum Gasteiger partial charge on any atom is 0.162 e. The van der Waals surface area contributed by atoms with E-state index < -0.39 is 0 Å². The summed E-state index contributed by atoms with van der Waals surface area (Å²) in [4.78, 5) is 6.97. The molecule has 1 fully saturated rings. The predicted molar refractivity (Wildman–Crippen MR) is 92.0 cm³/mol. The second-order valence-corrected chi connectivity index (χ2v) is 6.36. The second kappa shape index (κ2) is 6.42. The van der Waals surface area contributed by atoms with E-state index in [0.29, 0.717) is 0 Å². The number of aromatic nitrogens is 3. The van der Waals surface area contributed by atoms with Crippen LogP contribution in [0.2, 0.25) is 0 Å². The topological polar surface area (TPSA) is 57.2 Å². The van der Waals surface area contributed by atoms with Crippen molar-refractivity contribution in [1.82, 2.24) is 19.5 Å². The van der Waals surface area contributed by atoms with Gasteiger partial charge in [0.05, 0.1) is 18.2 Å². The quantitative estimate of drug-likeness (QED) is 0.744. The number of nitrogens with zero attached hydrogens (tertiary/aromatic N) is 5. The highest BCUT2D eigenvalue weighted by Gasteiger charge is 2.19. The highest BCUT2D eigenvalue weighted by molar-refractivity contribution is 5.76. The lowest BCUT2D eigenvalue weighted by Crippen LogP contribution is -2.34. The largest absolute Gasteiger partial charge is 0.298 e. The molecule has 4 rings (SSSR count). The summed E-state index contributed by atoms with van der Waals surface area (Å²) in [6.45, 7) is 2.72. The minimum atomic E-state index is 0.157. The molecule has 0 N–H and O–H groups in total. The molecule has 0 bridgehead atoms. The number of fused-ring (bicyclic) bond motifs is 1. The van der Waals surface area contributed by atoms with Gasteiger partial charge in [-0.15, -0.1) is 0 Å². The molecule has 1 aliphatic rings. The molecule has 2 aromatic heterocycles. The Bertz CT molecular complexity index is 878. The Morgan fingerprint density at radius 1 is 1.21 bits per heavy atom. The van der Waals surface area contributed by atoms with Crippen LogP contribution in [0, 0.1) is 17.2 Å². The van der Waals surface area contributed by atoms with Gasteiger partial charge in [0.25, 0.3) is 0 Å². The van der Waals surface area contributed by atoms with Gasteiger partial charge in [-0.05, 0) is 24.9 Å². The molecule has 0 spiro atoms. The first-order chi connectivity index (χ1) is 11.8. The summed E-state index contributed by atoms with van der Waals surface area (Å²) in [5.74, 6) is 0.157. The van der Waals surface area contributed by atoms with Crippen molar-refractivity contribution in [1.29, 1.82) is 5.26 Å². The fourth-order valence-corrected chi connectivity index (χ4v) is 3.38. The van der Waals surface area contributed by atoms with Gasteiger partial charge in [0.2, 0.25) is 0 Å². The van der Waals surface area contributed by atoms with E-state index in [1.54, 1.807) is 0 Å². The van der Waals surface area contributed by atoms with Crippen LogP contribution in [0.15, 0.2) is 48.9 Å². The normalized spacial score (nSPS) is 18.5. The van der Waals surface area contributed by atoms with Crippen molar-refractivity contribution in [3.05, 3.63) is 54.5 Å². The average molecular weight is 317 g/mol. The molecule has 0 aliphatic carbocycles. The van der Waals surface area contributed by atoms with Gasteiger partial charge in [0.1, 0.15) is 0 Å². The van der Waals surface area contributed by atoms with Crippen LogP contribution < -0.4 is 0 Å². The third kappa shape index (κ3) is 2.89. The predicted octanol–water partition coefficient (Wildman–Crippen LogP) is 3.13. The van der Waals surface area contributed by atoms with Gasteiger partial charge < -0.3 is 0 Å². The minimum absolute atomic E-state index is 0.157. The summed E-state index contributed by atoms with van der Waals surface area (Å²) in [7, 11) is 0. The van der Waals surface area contributed by atoms with Crippen LogP contribution in [0.25, 0.3) is 16.8 Å². The van der Waals surface area contributed by atoms with Crippen molar-refractivity contribution < 1.29 is 0 Å². The number of hydrogen-bond donors (Lipinski definition) is 0. The molecule has 1 aromatic carbocycles. The number of nitriles is 1. The summed E-state index contributed by atoms with van der Waals surface area (Å²) >= 11 is 0. The fourth-order valence-electron chi connectivity index (χ4n) is 3.38. The molecular weight excluding hydrogens is 298 g/mol. The van der Waals surface area contributed by atoms with Gasteiger partial charge in [0.15, 0.2) is 5.65 Å². The molecule has 1 atom stereocenters. The monoisotopic (exact) mass is 317 g/mol. The molecule has 120 valence electrons. The summed E-state index contributed by atoms with van der Waals surface area (Å²) in [6, 6.07) is 12.6. The molecule has 0 saturated carbocycles. The molecule has 1 aliphatic heterocycles. The Morgan fingerprint density at radius 3 is 2.92 bits per heavy atom. The van der Waals surface area contributed by atoms with Gasteiger partial charge >= 0.3 is 0 Å². The second-order valence-electron chi connectivity index (χ2n) is 6.36. The number of rotatable bonds is 3. The molecule has 1 unspecified atom stereocenters. The van der Waals surface area contributed by atoms with Crippen LogP contribution in [0.4, 0.5) is 0 Å². The van der Waals surface area contributed by atoms with Crippen LogP contribution in [0.3, 0.4) is 0 Å². The lowest BCUT2D eigenvalue weighted by atomic mass is 9.99. The van der Waals surface area contributed by atoms with E-state index in [9.17, 15) is 0 Å². The van der Waals surface area contributed by atoms with Crippen LogP contribution in [-0.2, 0) is 6.54 Å². The molecule has 3 aromatic rings. The van der Waals surface area contributed by atoms with E-state index in [1.165, 1.54) is 0 Å². The number of likely N-dealkylation sites (tertiary alicyclic amines) is 1. The van der Waals surface area contributed by atoms with E-state index >= 15 is 0 Å². The molecule has 0 amide bonds. The maximum absolute atomic E-state index is 9.12. The van der Waals surface area contributed by atoms with Crippen molar-refractivity contribution in [3.8, 4) is 17.2 Å². The first kappa shape index (κ1) is 14.9. The highest BCUT2D eigenvalue weighted by atomic mass is 15.2. The van der Waals surface area contributed by atoms with E-state index in [1.807, 2.05) is 41.3 Å². The molecule has 0 radical (unpaired) electrons. The Hall–Kier alpha value is -2.71. The lowest BCUT2D eigenvalue weighted by Gasteiger charge is -2.29. The minimum Gasteiger partial charge on any atom is -0.298 e. The van der Waals surface area contributed by atoms with E-state index in [4.69, 9.17) is 5.26 Å². The fraction of sp³-hybridized carbons (Fsp3) is 0.316. The average Bonchev–Trinajstić information content (AvgIpc) is 3.06. The van der Waals surface area contributed by atoms with Crippen molar-refractivity contribution in [3.63, 3.8) is 0 Å². The van der Waals surface area contributed by atoms with Gasteiger partial charge in [-0.2, -0.15) is 10.4 Å². The first-order valence-electron chi connectivity index (χ1n) is 8.33. The summed E-state index contributed by atoms with van der Waals surface area (Å²) in [6.07, 6.45) is 7.95.